The van der Waals surface area contributed by atoms with Gasteiger partial charge in [-0.1, -0.05) is 32.0 Å². The maximum Gasteiger partial charge on any atom is 0.338 e. The van der Waals surface area contributed by atoms with Crippen LogP contribution in [0.25, 0.3) is 0 Å². The second kappa shape index (κ2) is 8.93. The minimum absolute atomic E-state index is 0.126. The lowest BCUT2D eigenvalue weighted by Gasteiger charge is -2.18. The molecule has 7 heteroatoms. The van der Waals surface area contributed by atoms with E-state index < -0.39 is 22.9 Å². The van der Waals surface area contributed by atoms with E-state index in [0.29, 0.717) is 5.69 Å². The Morgan fingerprint density at radius 3 is 2.33 bits per heavy atom. The number of nitrogens with zero attached hydrogens (tertiary/aromatic N) is 1. The molecule has 2 atom stereocenters. The van der Waals surface area contributed by atoms with Gasteiger partial charge in [-0.15, -0.1) is 0 Å². The van der Waals surface area contributed by atoms with Crippen molar-refractivity contribution in [3.05, 3.63) is 69.8 Å². The molecule has 0 heterocycles. The number of esters is 1. The standard InChI is InChI=1S/C20H22N2O5/c1-4-13(2)17-7-5-6-8-18(17)21-19(23)14(3)27-20(24)15-9-11-16(12-10-15)22(25)26/h5-14H,4H2,1-3H3,(H,21,23)/t13-,14+/m0/s1. The third-order valence-electron chi connectivity index (χ3n) is 4.33. The molecule has 0 bridgehead atoms. The summed E-state index contributed by atoms with van der Waals surface area (Å²) >= 11 is 0. The quantitative estimate of drug-likeness (QED) is 0.445. The zero-order chi connectivity index (χ0) is 20.0. The molecule has 2 rings (SSSR count). The number of nitro groups is 1. The highest BCUT2D eigenvalue weighted by molar-refractivity contribution is 5.97. The lowest BCUT2D eigenvalue weighted by Crippen LogP contribution is -2.30. The fraction of sp³-hybridized carbons (Fsp3) is 0.300. The van der Waals surface area contributed by atoms with E-state index in [2.05, 4.69) is 19.2 Å². The first-order valence-electron chi connectivity index (χ1n) is 8.68. The molecule has 0 unspecified atom stereocenters. The van der Waals surface area contributed by atoms with Crippen molar-refractivity contribution in [2.75, 3.05) is 5.32 Å². The molecule has 0 saturated carbocycles. The lowest BCUT2D eigenvalue weighted by atomic mass is 9.97. The maximum atomic E-state index is 12.4. The van der Waals surface area contributed by atoms with Crippen molar-refractivity contribution < 1.29 is 19.2 Å². The summed E-state index contributed by atoms with van der Waals surface area (Å²) in [5.41, 5.74) is 1.72. The molecule has 0 aliphatic rings. The summed E-state index contributed by atoms with van der Waals surface area (Å²) < 4.78 is 5.18. The van der Waals surface area contributed by atoms with Crippen molar-refractivity contribution in [2.45, 2.75) is 39.2 Å². The minimum Gasteiger partial charge on any atom is -0.449 e. The summed E-state index contributed by atoms with van der Waals surface area (Å²) in [7, 11) is 0. The fourth-order valence-corrected chi connectivity index (χ4v) is 2.50. The van der Waals surface area contributed by atoms with E-state index in [0.717, 1.165) is 12.0 Å². The van der Waals surface area contributed by atoms with Gasteiger partial charge in [-0.25, -0.2) is 4.79 Å². The van der Waals surface area contributed by atoms with Gasteiger partial charge in [-0.3, -0.25) is 14.9 Å². The number of hydrogen-bond donors (Lipinski definition) is 1. The molecule has 0 radical (unpaired) electrons. The number of hydrogen-bond acceptors (Lipinski definition) is 5. The molecular weight excluding hydrogens is 348 g/mol. The van der Waals surface area contributed by atoms with Crippen LogP contribution in [0.5, 0.6) is 0 Å². The molecule has 7 nitrogen and oxygen atoms in total. The average molecular weight is 370 g/mol. The number of carbonyl (C=O) groups is 2. The van der Waals surface area contributed by atoms with Crippen LogP contribution in [0.4, 0.5) is 11.4 Å². The van der Waals surface area contributed by atoms with Crippen LogP contribution < -0.4 is 5.32 Å². The van der Waals surface area contributed by atoms with Gasteiger partial charge in [-0.05, 0) is 43.0 Å². The van der Waals surface area contributed by atoms with Gasteiger partial charge < -0.3 is 10.1 Å². The molecule has 1 amide bonds. The van der Waals surface area contributed by atoms with Gasteiger partial charge >= 0.3 is 5.97 Å². The Balaban J connectivity index is 2.03. The van der Waals surface area contributed by atoms with Crippen LogP contribution in [-0.4, -0.2) is 22.9 Å². The highest BCUT2D eigenvalue weighted by Crippen LogP contribution is 2.26. The first kappa shape index (κ1) is 20.1. The summed E-state index contributed by atoms with van der Waals surface area (Å²) in [6.07, 6.45) is -0.0879. The van der Waals surface area contributed by atoms with Gasteiger partial charge in [0, 0.05) is 17.8 Å². The van der Waals surface area contributed by atoms with E-state index in [1.54, 1.807) is 0 Å². The topological polar surface area (TPSA) is 98.5 Å². The Labute approximate surface area is 157 Å². The largest absolute Gasteiger partial charge is 0.449 e. The highest BCUT2D eigenvalue weighted by Gasteiger charge is 2.21. The number of anilines is 1. The molecule has 0 spiro atoms. The zero-order valence-electron chi connectivity index (χ0n) is 15.5. The minimum atomic E-state index is -1.02. The van der Waals surface area contributed by atoms with Gasteiger partial charge in [0.1, 0.15) is 0 Å². The predicted molar refractivity (Wildman–Crippen MR) is 102 cm³/mol. The molecule has 0 aliphatic carbocycles. The normalized spacial score (nSPS) is 12.7. The number of carbonyl (C=O) groups excluding carboxylic acids is 2. The van der Waals surface area contributed by atoms with Crippen LogP contribution in [0, 0.1) is 10.1 Å². The van der Waals surface area contributed by atoms with Crippen molar-refractivity contribution >= 4 is 23.3 Å². The Kier molecular flexibility index (Phi) is 6.65. The third-order valence-corrected chi connectivity index (χ3v) is 4.33. The maximum absolute atomic E-state index is 12.4. The number of para-hydroxylation sites is 1. The predicted octanol–water partition coefficient (Wildman–Crippen LogP) is 4.29. The average Bonchev–Trinajstić information content (AvgIpc) is 2.67. The molecule has 27 heavy (non-hydrogen) atoms. The van der Waals surface area contributed by atoms with E-state index >= 15 is 0 Å². The molecular formula is C20H22N2O5. The Bertz CT molecular complexity index is 833. The molecule has 2 aromatic rings. The van der Waals surface area contributed by atoms with Gasteiger partial charge in [-0.2, -0.15) is 0 Å². The number of amides is 1. The van der Waals surface area contributed by atoms with Gasteiger partial charge in [0.05, 0.1) is 10.5 Å². The molecule has 0 saturated heterocycles. The zero-order valence-corrected chi connectivity index (χ0v) is 15.5. The van der Waals surface area contributed by atoms with E-state index in [9.17, 15) is 19.7 Å². The number of nitro benzene ring substituents is 1. The van der Waals surface area contributed by atoms with Crippen LogP contribution in [0.2, 0.25) is 0 Å². The highest BCUT2D eigenvalue weighted by atomic mass is 16.6. The second-order valence-corrected chi connectivity index (χ2v) is 6.24. The number of non-ortho nitro benzene ring substituents is 1. The van der Waals surface area contributed by atoms with Crippen LogP contribution in [0.1, 0.15) is 49.0 Å². The lowest BCUT2D eigenvalue weighted by molar-refractivity contribution is -0.384. The van der Waals surface area contributed by atoms with Crippen LogP contribution in [-0.2, 0) is 9.53 Å². The first-order chi connectivity index (χ1) is 12.8. The molecule has 2 aromatic carbocycles. The summed E-state index contributed by atoms with van der Waals surface area (Å²) in [5.74, 6) is -0.886. The Morgan fingerprint density at radius 2 is 1.74 bits per heavy atom. The summed E-state index contributed by atoms with van der Waals surface area (Å²) in [6, 6.07) is 12.5. The van der Waals surface area contributed by atoms with Gasteiger partial charge in [0.15, 0.2) is 6.10 Å². The monoisotopic (exact) mass is 370 g/mol. The van der Waals surface area contributed by atoms with E-state index in [1.807, 2.05) is 24.3 Å². The van der Waals surface area contributed by atoms with Crippen molar-refractivity contribution in [3.8, 4) is 0 Å². The number of nitrogens with one attached hydrogen (secondary N) is 1. The molecule has 0 aromatic heterocycles. The fourth-order valence-electron chi connectivity index (χ4n) is 2.50. The van der Waals surface area contributed by atoms with Crippen molar-refractivity contribution in [2.24, 2.45) is 0 Å². The number of benzene rings is 2. The van der Waals surface area contributed by atoms with Gasteiger partial charge in [0.25, 0.3) is 11.6 Å². The summed E-state index contributed by atoms with van der Waals surface area (Å²) in [6.45, 7) is 5.62. The molecule has 0 fully saturated rings. The van der Waals surface area contributed by atoms with Crippen LogP contribution in [0.15, 0.2) is 48.5 Å². The molecule has 0 aliphatic heterocycles. The van der Waals surface area contributed by atoms with Crippen LogP contribution in [0.3, 0.4) is 0 Å². The molecule has 142 valence electrons. The van der Waals surface area contributed by atoms with Crippen molar-refractivity contribution in [3.63, 3.8) is 0 Å². The van der Waals surface area contributed by atoms with E-state index in [4.69, 9.17) is 4.74 Å². The smallest absolute Gasteiger partial charge is 0.338 e. The third kappa shape index (κ3) is 5.13. The first-order valence-corrected chi connectivity index (χ1v) is 8.68. The molecule has 1 N–H and O–H groups in total. The Hall–Kier alpha value is -3.22. The SMILES string of the molecule is CC[C@H](C)c1ccccc1NC(=O)[C@@H](C)OC(=O)c1ccc([N+](=O)[O-])cc1. The number of ether oxygens (including phenoxy) is 1. The van der Waals surface area contributed by atoms with Crippen LogP contribution >= 0.6 is 0 Å². The number of rotatable bonds is 7. The van der Waals surface area contributed by atoms with E-state index in [1.165, 1.54) is 31.2 Å². The van der Waals surface area contributed by atoms with Crippen molar-refractivity contribution in [1.29, 1.82) is 0 Å². The van der Waals surface area contributed by atoms with Gasteiger partial charge in [0.2, 0.25) is 0 Å². The summed E-state index contributed by atoms with van der Waals surface area (Å²) in [5, 5.41) is 13.5. The second-order valence-electron chi connectivity index (χ2n) is 6.24. The van der Waals surface area contributed by atoms with Crippen molar-refractivity contribution in [1.82, 2.24) is 0 Å². The Morgan fingerprint density at radius 1 is 1.11 bits per heavy atom. The van der Waals surface area contributed by atoms with E-state index in [-0.39, 0.29) is 17.2 Å². The summed E-state index contributed by atoms with van der Waals surface area (Å²) in [4.78, 5) is 34.7.